The predicted octanol–water partition coefficient (Wildman–Crippen LogP) is 2.42. The Kier molecular flexibility index (Phi) is 6.00. The van der Waals surface area contributed by atoms with E-state index in [4.69, 9.17) is 16.2 Å². The fourth-order valence-corrected chi connectivity index (χ4v) is 6.23. The molecule has 1 amide bonds. The number of nitrogens with zero attached hydrogens (tertiary/aromatic N) is 2. The van der Waals surface area contributed by atoms with Crippen LogP contribution in [-0.4, -0.2) is 38.5 Å². The molecule has 0 bridgehead atoms. The van der Waals surface area contributed by atoms with Crippen LogP contribution in [0.4, 0.5) is 10.1 Å². The molecule has 0 radical (unpaired) electrons. The monoisotopic (exact) mass is 459 g/mol. The molecular weight excluding hydrogens is 433 g/mol. The maximum atomic E-state index is 14.8. The van der Waals surface area contributed by atoms with Gasteiger partial charge in [0.1, 0.15) is 33.5 Å². The fourth-order valence-electron chi connectivity index (χ4n) is 4.31. The van der Waals surface area contributed by atoms with E-state index in [-0.39, 0.29) is 22.8 Å². The summed E-state index contributed by atoms with van der Waals surface area (Å²) in [6.07, 6.45) is 5.73. The molecule has 170 valence electrons. The summed E-state index contributed by atoms with van der Waals surface area (Å²) in [5.74, 6) is -0.385. The number of methoxy groups -OCH3 is 1. The summed E-state index contributed by atoms with van der Waals surface area (Å²) in [4.78, 5) is 21.1. The Labute approximate surface area is 188 Å². The van der Waals surface area contributed by atoms with E-state index < -0.39 is 32.9 Å². The number of benzene rings is 1. The van der Waals surface area contributed by atoms with Crippen molar-refractivity contribution in [3.63, 3.8) is 0 Å². The molecule has 2 atom stereocenters. The van der Waals surface area contributed by atoms with Crippen molar-refractivity contribution in [3.05, 3.63) is 53.6 Å². The van der Waals surface area contributed by atoms with Crippen LogP contribution in [0.1, 0.15) is 48.2 Å². The normalized spacial score (nSPS) is 24.6. The highest BCUT2D eigenvalue weighted by molar-refractivity contribution is 7.87. The quantitative estimate of drug-likeness (QED) is 0.643. The van der Waals surface area contributed by atoms with Gasteiger partial charge in [-0.2, -0.15) is 0 Å². The minimum atomic E-state index is -1.58. The number of carbonyl (C=O) groups excluding carboxylic acids is 1. The number of ether oxygens (including phenoxy) is 1. The number of amides is 1. The zero-order valence-electron chi connectivity index (χ0n) is 17.8. The SMILES string of the molecule is COc1ccc(C(=O)Nc2ccc(F)c([C@]3(N)CS(=O)C4(CCCCC4)C(N)=N3)c2)nc1. The minimum Gasteiger partial charge on any atom is -0.495 e. The predicted molar refractivity (Wildman–Crippen MR) is 121 cm³/mol. The Morgan fingerprint density at radius 1 is 1.22 bits per heavy atom. The second-order valence-corrected chi connectivity index (χ2v) is 9.96. The van der Waals surface area contributed by atoms with Crippen LogP contribution >= 0.6 is 0 Å². The van der Waals surface area contributed by atoms with Gasteiger partial charge in [0.2, 0.25) is 0 Å². The third-order valence-electron chi connectivity index (χ3n) is 6.13. The van der Waals surface area contributed by atoms with Gasteiger partial charge in [-0.1, -0.05) is 19.3 Å². The van der Waals surface area contributed by atoms with Crippen LogP contribution < -0.4 is 21.5 Å². The standard InChI is InChI=1S/C22H26FN5O3S/c1-31-15-6-8-18(26-12-15)19(29)27-14-5-7-17(23)16(11-14)22(25)13-32(30)21(20(24)28-22)9-3-2-4-10-21/h5-8,11-12H,2-4,9-10,13,25H2,1H3,(H2,24,28)(H,27,29)/t22-,32?/m0/s1. The summed E-state index contributed by atoms with van der Waals surface area (Å²) < 4.78 is 32.4. The Balaban J connectivity index is 1.62. The van der Waals surface area contributed by atoms with Crippen LogP contribution in [0.25, 0.3) is 0 Å². The molecule has 1 aromatic heterocycles. The first kappa shape index (κ1) is 22.3. The van der Waals surface area contributed by atoms with Crippen LogP contribution in [0.5, 0.6) is 5.75 Å². The first-order chi connectivity index (χ1) is 15.3. The number of pyridine rings is 1. The molecule has 1 saturated carbocycles. The zero-order chi connectivity index (χ0) is 22.9. The van der Waals surface area contributed by atoms with Gasteiger partial charge in [0.15, 0.2) is 0 Å². The van der Waals surface area contributed by atoms with E-state index in [1.165, 1.54) is 37.6 Å². The van der Waals surface area contributed by atoms with Gasteiger partial charge in [-0.15, -0.1) is 0 Å². The van der Waals surface area contributed by atoms with Gasteiger partial charge in [-0.05, 0) is 43.2 Å². The van der Waals surface area contributed by atoms with Crippen molar-refractivity contribution in [2.75, 3.05) is 18.2 Å². The highest BCUT2D eigenvalue weighted by Crippen LogP contribution is 2.41. The maximum Gasteiger partial charge on any atom is 0.274 e. The number of hydrogen-bond donors (Lipinski definition) is 3. The van der Waals surface area contributed by atoms with E-state index >= 15 is 0 Å². The maximum absolute atomic E-state index is 14.8. The number of rotatable bonds is 4. The van der Waals surface area contributed by atoms with Crippen molar-refractivity contribution >= 4 is 28.2 Å². The second kappa shape index (κ2) is 8.59. The van der Waals surface area contributed by atoms with Gasteiger partial charge < -0.3 is 21.5 Å². The van der Waals surface area contributed by atoms with Crippen molar-refractivity contribution in [1.29, 1.82) is 0 Å². The number of amidine groups is 1. The molecule has 5 N–H and O–H groups in total. The van der Waals surface area contributed by atoms with Crippen LogP contribution in [0.2, 0.25) is 0 Å². The summed E-state index contributed by atoms with van der Waals surface area (Å²) in [5, 5.41) is 2.68. The van der Waals surface area contributed by atoms with Crippen LogP contribution in [-0.2, 0) is 16.5 Å². The molecule has 0 saturated heterocycles. The van der Waals surface area contributed by atoms with Crippen LogP contribution in [0.15, 0.2) is 41.5 Å². The smallest absolute Gasteiger partial charge is 0.274 e. The molecule has 1 aromatic carbocycles. The number of nitrogens with one attached hydrogen (secondary N) is 1. The Bertz CT molecular complexity index is 1090. The molecule has 2 heterocycles. The van der Waals surface area contributed by atoms with E-state index in [1.54, 1.807) is 6.07 Å². The van der Waals surface area contributed by atoms with E-state index in [0.29, 0.717) is 24.3 Å². The molecule has 32 heavy (non-hydrogen) atoms. The van der Waals surface area contributed by atoms with Gasteiger partial charge in [0.25, 0.3) is 5.91 Å². The molecule has 1 fully saturated rings. The third-order valence-corrected chi connectivity index (χ3v) is 8.32. The molecular formula is C22H26FN5O3S. The molecule has 4 rings (SSSR count). The number of halogens is 1. The zero-order valence-corrected chi connectivity index (χ0v) is 18.6. The Hall–Kier alpha value is -2.85. The van der Waals surface area contributed by atoms with Gasteiger partial charge in [-0.25, -0.2) is 14.4 Å². The first-order valence-corrected chi connectivity index (χ1v) is 11.7. The number of nitrogens with two attached hydrogens (primary N) is 2. The Morgan fingerprint density at radius 3 is 2.59 bits per heavy atom. The highest BCUT2D eigenvalue weighted by atomic mass is 32.2. The second-order valence-electron chi connectivity index (χ2n) is 8.20. The minimum absolute atomic E-state index is 0.0277. The van der Waals surface area contributed by atoms with Gasteiger partial charge in [-0.3, -0.25) is 9.00 Å². The van der Waals surface area contributed by atoms with Gasteiger partial charge in [0.05, 0.1) is 19.1 Å². The van der Waals surface area contributed by atoms with Crippen LogP contribution in [0, 0.1) is 5.82 Å². The average molecular weight is 460 g/mol. The summed E-state index contributed by atoms with van der Waals surface area (Å²) in [5.41, 5.74) is 11.7. The van der Waals surface area contributed by atoms with E-state index in [2.05, 4.69) is 15.3 Å². The van der Waals surface area contributed by atoms with Crippen LogP contribution in [0.3, 0.4) is 0 Å². The largest absolute Gasteiger partial charge is 0.495 e. The lowest BCUT2D eigenvalue weighted by Gasteiger charge is -2.43. The fraction of sp³-hybridized carbons (Fsp3) is 0.409. The highest BCUT2D eigenvalue weighted by Gasteiger charge is 2.50. The van der Waals surface area contributed by atoms with Crippen molar-refractivity contribution in [1.82, 2.24) is 4.98 Å². The summed E-state index contributed by atoms with van der Waals surface area (Å²) in [7, 11) is 0.103. The van der Waals surface area contributed by atoms with Crippen molar-refractivity contribution in [3.8, 4) is 5.75 Å². The van der Waals surface area contributed by atoms with Gasteiger partial charge >= 0.3 is 0 Å². The molecule has 2 aliphatic rings. The third kappa shape index (κ3) is 4.00. The van der Waals surface area contributed by atoms with Crippen molar-refractivity contribution < 1.29 is 18.1 Å². The van der Waals surface area contributed by atoms with Crippen molar-refractivity contribution in [2.45, 2.75) is 42.5 Å². The average Bonchev–Trinajstić information content (AvgIpc) is 2.79. The number of aromatic nitrogens is 1. The summed E-state index contributed by atoms with van der Waals surface area (Å²) >= 11 is 0. The topological polar surface area (TPSA) is 133 Å². The number of carbonyl (C=O) groups is 1. The molecule has 1 aliphatic carbocycles. The van der Waals surface area contributed by atoms with E-state index in [9.17, 15) is 13.4 Å². The lowest BCUT2D eigenvalue weighted by atomic mass is 9.86. The summed E-state index contributed by atoms with van der Waals surface area (Å²) in [6, 6.07) is 7.15. The molecule has 2 aromatic rings. The number of anilines is 1. The van der Waals surface area contributed by atoms with E-state index in [1.807, 2.05) is 0 Å². The number of aliphatic imine (C=N–C) groups is 1. The molecule has 1 aliphatic heterocycles. The lowest BCUT2D eigenvalue weighted by molar-refractivity contribution is 0.102. The summed E-state index contributed by atoms with van der Waals surface area (Å²) in [6.45, 7) is 0. The lowest BCUT2D eigenvalue weighted by Crippen LogP contribution is -2.59. The van der Waals surface area contributed by atoms with Gasteiger partial charge in [0, 0.05) is 22.1 Å². The molecule has 8 nitrogen and oxygen atoms in total. The Morgan fingerprint density at radius 2 is 1.97 bits per heavy atom. The first-order valence-electron chi connectivity index (χ1n) is 10.4. The van der Waals surface area contributed by atoms with Crippen molar-refractivity contribution in [2.24, 2.45) is 16.5 Å². The molecule has 1 unspecified atom stereocenters. The molecule has 1 spiro atoms. The molecule has 10 heteroatoms. The van der Waals surface area contributed by atoms with E-state index in [0.717, 1.165) is 19.3 Å². The number of hydrogen-bond acceptors (Lipinski definition) is 7.